The highest BCUT2D eigenvalue weighted by atomic mass is 16.5. The van der Waals surface area contributed by atoms with Gasteiger partial charge in [-0.1, -0.05) is 0 Å². The number of furan rings is 1. The number of hydrogen-bond donors (Lipinski definition) is 1. The smallest absolute Gasteiger partial charge is 0.308 e. The van der Waals surface area contributed by atoms with E-state index in [1.165, 1.54) is 7.11 Å². The number of piperidine rings is 1. The van der Waals surface area contributed by atoms with Crippen molar-refractivity contribution in [2.75, 3.05) is 26.7 Å². The molecular formula is C15H22N2O4. The second-order valence-corrected chi connectivity index (χ2v) is 5.38. The lowest BCUT2D eigenvalue weighted by Gasteiger charge is -2.30. The van der Waals surface area contributed by atoms with Crippen LogP contribution in [0.1, 0.15) is 31.6 Å². The topological polar surface area (TPSA) is 71.8 Å². The minimum atomic E-state index is -0.148. The van der Waals surface area contributed by atoms with E-state index < -0.39 is 0 Å². The second kappa shape index (κ2) is 7.26. The molecule has 1 aliphatic rings. The van der Waals surface area contributed by atoms with E-state index in [-0.39, 0.29) is 23.8 Å². The molecule has 1 fully saturated rings. The molecule has 1 unspecified atom stereocenters. The Balaban J connectivity index is 1.73. The van der Waals surface area contributed by atoms with E-state index in [1.54, 1.807) is 12.3 Å². The van der Waals surface area contributed by atoms with Crippen molar-refractivity contribution >= 4 is 11.9 Å². The van der Waals surface area contributed by atoms with Crippen LogP contribution in [0, 0.1) is 5.92 Å². The van der Waals surface area contributed by atoms with Crippen LogP contribution in [0.15, 0.2) is 22.8 Å². The lowest BCUT2D eigenvalue weighted by molar-refractivity contribution is -0.147. The standard InChI is InChI=1S/C15H22N2O4/c1-11(13-4-3-9-21-13)16-14(18)10-17-7-5-12(6-8-17)15(19)20-2/h3-4,9,11-12H,5-8,10H2,1-2H3,(H,16,18). The van der Waals surface area contributed by atoms with Crippen LogP contribution in [0.4, 0.5) is 0 Å². The number of amides is 1. The van der Waals surface area contributed by atoms with Crippen molar-refractivity contribution in [3.63, 3.8) is 0 Å². The van der Waals surface area contributed by atoms with Crippen molar-refractivity contribution in [3.05, 3.63) is 24.2 Å². The second-order valence-electron chi connectivity index (χ2n) is 5.38. The van der Waals surface area contributed by atoms with Crippen molar-refractivity contribution in [2.45, 2.75) is 25.8 Å². The monoisotopic (exact) mass is 294 g/mol. The van der Waals surface area contributed by atoms with Crippen molar-refractivity contribution in [1.29, 1.82) is 0 Å². The molecule has 1 atom stereocenters. The molecule has 0 aliphatic carbocycles. The number of methoxy groups -OCH3 is 1. The Labute approximate surface area is 124 Å². The van der Waals surface area contributed by atoms with Gasteiger partial charge in [0.25, 0.3) is 0 Å². The molecule has 0 spiro atoms. The third-order valence-corrected chi connectivity index (χ3v) is 3.84. The summed E-state index contributed by atoms with van der Waals surface area (Å²) >= 11 is 0. The van der Waals surface area contributed by atoms with Crippen LogP contribution in [-0.2, 0) is 14.3 Å². The van der Waals surface area contributed by atoms with Crippen LogP contribution in [0.25, 0.3) is 0 Å². The summed E-state index contributed by atoms with van der Waals surface area (Å²) in [5, 5.41) is 2.91. The molecule has 0 aromatic carbocycles. The van der Waals surface area contributed by atoms with Gasteiger partial charge in [0.05, 0.1) is 31.9 Å². The molecule has 1 amide bonds. The van der Waals surface area contributed by atoms with Crippen LogP contribution in [0.2, 0.25) is 0 Å². The molecule has 21 heavy (non-hydrogen) atoms. The van der Waals surface area contributed by atoms with E-state index >= 15 is 0 Å². The van der Waals surface area contributed by atoms with E-state index in [0.717, 1.165) is 31.7 Å². The van der Waals surface area contributed by atoms with Crippen LogP contribution in [0.5, 0.6) is 0 Å². The molecule has 1 aromatic heterocycles. The lowest BCUT2D eigenvalue weighted by atomic mass is 9.97. The Hall–Kier alpha value is -1.82. The number of nitrogens with zero attached hydrogens (tertiary/aromatic N) is 1. The van der Waals surface area contributed by atoms with Gasteiger partial charge in [-0.05, 0) is 45.0 Å². The predicted molar refractivity (Wildman–Crippen MR) is 76.4 cm³/mol. The number of esters is 1. The maximum atomic E-state index is 12.0. The quantitative estimate of drug-likeness (QED) is 0.830. The van der Waals surface area contributed by atoms with Crippen molar-refractivity contribution < 1.29 is 18.7 Å². The van der Waals surface area contributed by atoms with E-state index in [9.17, 15) is 9.59 Å². The third-order valence-electron chi connectivity index (χ3n) is 3.84. The predicted octanol–water partition coefficient (Wildman–Crippen LogP) is 1.34. The van der Waals surface area contributed by atoms with Crippen LogP contribution in [0.3, 0.4) is 0 Å². The van der Waals surface area contributed by atoms with Crippen molar-refractivity contribution in [3.8, 4) is 0 Å². The van der Waals surface area contributed by atoms with Gasteiger partial charge in [-0.3, -0.25) is 14.5 Å². The van der Waals surface area contributed by atoms with E-state index in [4.69, 9.17) is 9.15 Å². The average molecular weight is 294 g/mol. The van der Waals surface area contributed by atoms with Crippen molar-refractivity contribution in [1.82, 2.24) is 10.2 Å². The Morgan fingerprint density at radius 2 is 2.19 bits per heavy atom. The van der Waals surface area contributed by atoms with Gasteiger partial charge in [0.2, 0.25) is 5.91 Å². The minimum Gasteiger partial charge on any atom is -0.469 e. The molecule has 116 valence electrons. The van der Waals surface area contributed by atoms with Gasteiger partial charge in [-0.2, -0.15) is 0 Å². The number of hydrogen-bond acceptors (Lipinski definition) is 5. The number of rotatable bonds is 5. The summed E-state index contributed by atoms with van der Waals surface area (Å²) in [5.41, 5.74) is 0. The molecule has 6 nitrogen and oxygen atoms in total. The fraction of sp³-hybridized carbons (Fsp3) is 0.600. The molecule has 6 heteroatoms. The molecule has 1 aliphatic heterocycles. The first-order valence-electron chi connectivity index (χ1n) is 7.23. The maximum absolute atomic E-state index is 12.0. The summed E-state index contributed by atoms with van der Waals surface area (Å²) in [6.07, 6.45) is 3.08. The SMILES string of the molecule is COC(=O)C1CCN(CC(=O)NC(C)c2ccco2)CC1. The summed E-state index contributed by atoms with van der Waals surface area (Å²) in [5.74, 6) is 0.532. The number of ether oxygens (including phenoxy) is 1. The fourth-order valence-electron chi connectivity index (χ4n) is 2.59. The average Bonchev–Trinajstić information content (AvgIpc) is 3.01. The summed E-state index contributed by atoms with van der Waals surface area (Å²) < 4.78 is 10.0. The normalized spacial score (nSPS) is 18.2. The Kier molecular flexibility index (Phi) is 5.38. The number of carbonyl (C=O) groups excluding carboxylic acids is 2. The Bertz CT molecular complexity index is 464. The zero-order valence-corrected chi connectivity index (χ0v) is 12.5. The largest absolute Gasteiger partial charge is 0.469 e. The van der Waals surface area contributed by atoms with E-state index in [2.05, 4.69) is 10.2 Å². The van der Waals surface area contributed by atoms with Crippen LogP contribution < -0.4 is 5.32 Å². The molecule has 1 N–H and O–H groups in total. The highest BCUT2D eigenvalue weighted by molar-refractivity contribution is 5.78. The first kappa shape index (κ1) is 15.6. The molecule has 1 saturated heterocycles. The summed E-state index contributed by atoms with van der Waals surface area (Å²) in [7, 11) is 1.41. The van der Waals surface area contributed by atoms with Gasteiger partial charge >= 0.3 is 5.97 Å². The zero-order valence-electron chi connectivity index (χ0n) is 12.5. The first-order valence-corrected chi connectivity index (χ1v) is 7.23. The number of carbonyl (C=O) groups is 2. The summed E-state index contributed by atoms with van der Waals surface area (Å²) in [6, 6.07) is 3.50. The number of nitrogens with one attached hydrogen (secondary N) is 1. The van der Waals surface area contributed by atoms with Crippen LogP contribution >= 0.6 is 0 Å². The van der Waals surface area contributed by atoms with Crippen LogP contribution in [-0.4, -0.2) is 43.5 Å². The first-order chi connectivity index (χ1) is 10.1. The van der Waals surface area contributed by atoms with Gasteiger partial charge in [0.1, 0.15) is 5.76 Å². The molecular weight excluding hydrogens is 272 g/mol. The highest BCUT2D eigenvalue weighted by Gasteiger charge is 2.26. The lowest BCUT2D eigenvalue weighted by Crippen LogP contribution is -2.43. The van der Waals surface area contributed by atoms with Gasteiger partial charge in [0, 0.05) is 0 Å². The zero-order chi connectivity index (χ0) is 15.2. The van der Waals surface area contributed by atoms with Gasteiger partial charge in [-0.25, -0.2) is 0 Å². The maximum Gasteiger partial charge on any atom is 0.308 e. The van der Waals surface area contributed by atoms with Gasteiger partial charge in [0.15, 0.2) is 0 Å². The van der Waals surface area contributed by atoms with E-state index in [1.807, 2.05) is 13.0 Å². The highest BCUT2D eigenvalue weighted by Crippen LogP contribution is 2.18. The minimum absolute atomic E-state index is 0.0312. The third kappa shape index (κ3) is 4.32. The molecule has 0 bridgehead atoms. The molecule has 0 saturated carbocycles. The molecule has 0 radical (unpaired) electrons. The Morgan fingerprint density at radius 3 is 2.76 bits per heavy atom. The molecule has 2 heterocycles. The molecule has 1 aromatic rings. The van der Waals surface area contributed by atoms with Crippen molar-refractivity contribution in [2.24, 2.45) is 5.92 Å². The van der Waals surface area contributed by atoms with Gasteiger partial charge < -0.3 is 14.5 Å². The summed E-state index contributed by atoms with van der Waals surface area (Å²) in [6.45, 7) is 3.71. The Morgan fingerprint density at radius 1 is 1.48 bits per heavy atom. The fourth-order valence-corrected chi connectivity index (χ4v) is 2.59. The number of likely N-dealkylation sites (tertiary alicyclic amines) is 1. The van der Waals surface area contributed by atoms with E-state index in [0.29, 0.717) is 6.54 Å². The molecule has 2 rings (SSSR count). The summed E-state index contributed by atoms with van der Waals surface area (Å²) in [4.78, 5) is 25.5. The van der Waals surface area contributed by atoms with Gasteiger partial charge in [-0.15, -0.1) is 0 Å².